The highest BCUT2D eigenvalue weighted by molar-refractivity contribution is 7.92. The van der Waals surface area contributed by atoms with Crippen molar-refractivity contribution >= 4 is 27.9 Å². The molecule has 2 aromatic heterocycles. The van der Waals surface area contributed by atoms with Crippen LogP contribution in [0.15, 0.2) is 41.8 Å². The molecule has 21 heavy (non-hydrogen) atoms. The van der Waals surface area contributed by atoms with Crippen LogP contribution < -0.4 is 4.72 Å². The monoisotopic (exact) mass is 308 g/mol. The number of nitrogens with one attached hydrogen (secondary N) is 1. The number of pyridine rings is 1. The Morgan fingerprint density at radius 1 is 1.43 bits per heavy atom. The number of aryl methyl sites for hydroxylation is 1. The average Bonchev–Trinajstić information content (AvgIpc) is 2.84. The third kappa shape index (κ3) is 3.89. The largest absolute Gasteiger partial charge is 0.478 e. The maximum Gasteiger partial charge on any atom is 0.328 e. The molecule has 0 spiro atoms. The fourth-order valence-electron chi connectivity index (χ4n) is 1.48. The van der Waals surface area contributed by atoms with Crippen LogP contribution >= 0.6 is 0 Å². The summed E-state index contributed by atoms with van der Waals surface area (Å²) in [6, 6.07) is 4.57. The second-order valence-electron chi connectivity index (χ2n) is 4.10. The number of anilines is 1. The summed E-state index contributed by atoms with van der Waals surface area (Å²) >= 11 is 0. The molecule has 2 N–H and O–H groups in total. The summed E-state index contributed by atoms with van der Waals surface area (Å²) in [6.07, 6.45) is 4.91. The molecule has 0 aliphatic heterocycles. The summed E-state index contributed by atoms with van der Waals surface area (Å²) in [4.78, 5) is 18.2. The molecule has 2 heterocycles. The van der Waals surface area contributed by atoms with Crippen molar-refractivity contribution in [2.45, 2.75) is 5.03 Å². The molecule has 0 atom stereocenters. The molecule has 0 aliphatic rings. The SMILES string of the molecule is Cn1cnc(S(=O)(=O)Nc2cccc(C=CC(=O)O)n2)c1. The van der Waals surface area contributed by atoms with Crippen molar-refractivity contribution in [3.63, 3.8) is 0 Å². The molecule has 0 radical (unpaired) electrons. The van der Waals surface area contributed by atoms with Gasteiger partial charge in [0.25, 0.3) is 10.0 Å². The first-order valence-corrected chi connectivity index (χ1v) is 7.24. The molecule has 0 aliphatic carbocycles. The van der Waals surface area contributed by atoms with E-state index in [0.29, 0.717) is 5.69 Å². The fraction of sp³-hybridized carbons (Fsp3) is 0.0833. The van der Waals surface area contributed by atoms with Gasteiger partial charge in [0.15, 0.2) is 5.03 Å². The highest BCUT2D eigenvalue weighted by atomic mass is 32.2. The predicted molar refractivity (Wildman–Crippen MR) is 74.9 cm³/mol. The summed E-state index contributed by atoms with van der Waals surface area (Å²) in [7, 11) is -2.17. The number of imidazole rings is 1. The number of aliphatic carboxylic acids is 1. The van der Waals surface area contributed by atoms with Crippen LogP contribution in [0.5, 0.6) is 0 Å². The lowest BCUT2D eigenvalue weighted by molar-refractivity contribution is -0.131. The van der Waals surface area contributed by atoms with Gasteiger partial charge in [0.2, 0.25) is 0 Å². The third-order valence-electron chi connectivity index (χ3n) is 2.36. The molecule has 0 amide bonds. The Labute approximate surface area is 120 Å². The highest BCUT2D eigenvalue weighted by Gasteiger charge is 2.17. The van der Waals surface area contributed by atoms with E-state index >= 15 is 0 Å². The van der Waals surface area contributed by atoms with E-state index < -0.39 is 16.0 Å². The molecule has 0 bridgehead atoms. The van der Waals surface area contributed by atoms with Crippen molar-refractivity contribution < 1.29 is 18.3 Å². The minimum absolute atomic E-state index is 0.0770. The minimum atomic E-state index is -3.83. The zero-order valence-corrected chi connectivity index (χ0v) is 11.8. The van der Waals surface area contributed by atoms with Gasteiger partial charge in [-0.25, -0.2) is 14.8 Å². The van der Waals surface area contributed by atoms with Gasteiger partial charge < -0.3 is 9.67 Å². The van der Waals surface area contributed by atoms with Crippen LogP contribution in [-0.2, 0) is 21.9 Å². The van der Waals surface area contributed by atoms with Gasteiger partial charge in [0, 0.05) is 19.3 Å². The number of aromatic nitrogens is 3. The molecule has 9 heteroatoms. The molecule has 110 valence electrons. The molecule has 0 saturated heterocycles. The van der Waals surface area contributed by atoms with Crippen molar-refractivity contribution in [3.05, 3.63) is 42.5 Å². The van der Waals surface area contributed by atoms with Crippen LogP contribution in [-0.4, -0.2) is 34.0 Å². The van der Waals surface area contributed by atoms with Crippen molar-refractivity contribution in [3.8, 4) is 0 Å². The zero-order valence-electron chi connectivity index (χ0n) is 11.0. The normalized spacial score (nSPS) is 11.7. The maximum atomic E-state index is 12.1. The lowest BCUT2D eigenvalue weighted by Crippen LogP contribution is -2.14. The summed E-state index contributed by atoms with van der Waals surface area (Å²) < 4.78 is 27.9. The number of rotatable bonds is 5. The van der Waals surface area contributed by atoms with Gasteiger partial charge in [-0.1, -0.05) is 6.07 Å². The van der Waals surface area contributed by atoms with Crippen molar-refractivity contribution in [2.75, 3.05) is 4.72 Å². The van der Waals surface area contributed by atoms with Gasteiger partial charge in [-0.3, -0.25) is 4.72 Å². The van der Waals surface area contributed by atoms with Crippen LogP contribution in [0, 0.1) is 0 Å². The number of carbonyl (C=O) groups is 1. The smallest absolute Gasteiger partial charge is 0.328 e. The second-order valence-corrected chi connectivity index (χ2v) is 5.73. The molecule has 0 fully saturated rings. The number of hydrogen-bond acceptors (Lipinski definition) is 5. The average molecular weight is 308 g/mol. The Balaban J connectivity index is 2.23. The Morgan fingerprint density at radius 2 is 2.19 bits per heavy atom. The van der Waals surface area contributed by atoms with E-state index in [1.807, 2.05) is 0 Å². The molecule has 0 unspecified atom stereocenters. The Kier molecular flexibility index (Phi) is 4.03. The van der Waals surface area contributed by atoms with E-state index in [4.69, 9.17) is 5.11 Å². The molecular weight excluding hydrogens is 296 g/mol. The van der Waals surface area contributed by atoms with Crippen molar-refractivity contribution in [1.29, 1.82) is 0 Å². The minimum Gasteiger partial charge on any atom is -0.478 e. The van der Waals surface area contributed by atoms with Gasteiger partial charge in [0.05, 0.1) is 12.0 Å². The van der Waals surface area contributed by atoms with E-state index in [0.717, 1.165) is 6.08 Å². The lowest BCUT2D eigenvalue weighted by atomic mass is 10.3. The Bertz CT molecular complexity index is 795. The van der Waals surface area contributed by atoms with E-state index in [2.05, 4.69) is 14.7 Å². The van der Waals surface area contributed by atoms with Crippen LogP contribution in [0.25, 0.3) is 6.08 Å². The van der Waals surface area contributed by atoms with E-state index in [1.54, 1.807) is 19.2 Å². The standard InChI is InChI=1S/C12H12N4O4S/c1-16-7-11(13-8-16)21(19,20)15-10-4-2-3-9(14-10)5-6-12(17)18/h2-8H,1H3,(H,14,15)(H,17,18). The number of carboxylic acids is 1. The van der Waals surface area contributed by atoms with Gasteiger partial charge in [-0.05, 0) is 18.2 Å². The van der Waals surface area contributed by atoms with Crippen LogP contribution in [0.3, 0.4) is 0 Å². The van der Waals surface area contributed by atoms with Crippen LogP contribution in [0.2, 0.25) is 0 Å². The maximum absolute atomic E-state index is 12.1. The van der Waals surface area contributed by atoms with Gasteiger partial charge in [-0.15, -0.1) is 0 Å². The number of sulfonamides is 1. The molecule has 0 aromatic carbocycles. The highest BCUT2D eigenvalue weighted by Crippen LogP contribution is 2.13. The first kappa shape index (κ1) is 14.7. The molecule has 2 aromatic rings. The van der Waals surface area contributed by atoms with Crippen molar-refractivity contribution in [2.24, 2.45) is 7.05 Å². The molecule has 8 nitrogen and oxygen atoms in total. The molecule has 2 rings (SSSR count). The number of carboxylic acid groups (broad SMARTS) is 1. The first-order chi connectivity index (χ1) is 9.87. The number of nitrogens with zero attached hydrogens (tertiary/aromatic N) is 3. The summed E-state index contributed by atoms with van der Waals surface area (Å²) in [5.41, 5.74) is 0.318. The third-order valence-corrected chi connectivity index (χ3v) is 3.60. The van der Waals surface area contributed by atoms with Crippen LogP contribution in [0.1, 0.15) is 5.69 Å². The number of hydrogen-bond donors (Lipinski definition) is 2. The topological polar surface area (TPSA) is 114 Å². The quantitative estimate of drug-likeness (QED) is 0.786. The van der Waals surface area contributed by atoms with Crippen LogP contribution in [0.4, 0.5) is 5.82 Å². The summed E-state index contributed by atoms with van der Waals surface area (Å²) in [5.74, 6) is -1.04. The fourth-order valence-corrected chi connectivity index (χ4v) is 2.46. The van der Waals surface area contributed by atoms with Gasteiger partial charge >= 0.3 is 5.97 Å². The van der Waals surface area contributed by atoms with Gasteiger partial charge in [-0.2, -0.15) is 8.42 Å². The summed E-state index contributed by atoms with van der Waals surface area (Å²) in [6.45, 7) is 0. The summed E-state index contributed by atoms with van der Waals surface area (Å²) in [5, 5.41) is 8.42. The van der Waals surface area contributed by atoms with Crippen molar-refractivity contribution in [1.82, 2.24) is 14.5 Å². The van der Waals surface area contributed by atoms with E-state index in [1.165, 1.54) is 29.2 Å². The first-order valence-electron chi connectivity index (χ1n) is 5.76. The molecular formula is C12H12N4O4S. The lowest BCUT2D eigenvalue weighted by Gasteiger charge is -2.05. The second kappa shape index (κ2) is 5.75. The zero-order chi connectivity index (χ0) is 15.5. The molecule has 0 saturated carbocycles. The van der Waals surface area contributed by atoms with E-state index in [-0.39, 0.29) is 10.8 Å². The van der Waals surface area contributed by atoms with E-state index in [9.17, 15) is 13.2 Å². The predicted octanol–water partition coefficient (Wildman–Crippen LogP) is 0.714. The Hall–Kier alpha value is -2.68. The van der Waals surface area contributed by atoms with Gasteiger partial charge in [0.1, 0.15) is 5.82 Å². The Morgan fingerprint density at radius 3 is 2.81 bits per heavy atom.